The van der Waals surface area contributed by atoms with Gasteiger partial charge in [0.2, 0.25) is 0 Å². The molecule has 14 heavy (non-hydrogen) atoms. The summed E-state index contributed by atoms with van der Waals surface area (Å²) in [5.41, 5.74) is 1.40. The number of hydrogen-bond acceptors (Lipinski definition) is 1. The monoisotopic (exact) mass is 188 g/mol. The second-order valence-corrected chi connectivity index (χ2v) is 3.69. The van der Waals surface area contributed by atoms with Crippen LogP contribution in [0.2, 0.25) is 0 Å². The molecular formula is C13H16O. The van der Waals surface area contributed by atoms with Gasteiger partial charge in [-0.1, -0.05) is 42.5 Å². The molecule has 1 heterocycles. The highest BCUT2D eigenvalue weighted by Gasteiger charge is 2.35. The Morgan fingerprint density at radius 2 is 2.07 bits per heavy atom. The molecule has 0 amide bonds. The summed E-state index contributed by atoms with van der Waals surface area (Å²) in [5.74, 6) is 0. The maximum Gasteiger partial charge on any atom is 0.102 e. The molecule has 1 saturated heterocycles. The molecule has 0 radical (unpaired) electrons. The second-order valence-electron chi connectivity index (χ2n) is 3.69. The molecule has 1 nitrogen and oxygen atoms in total. The standard InChI is InChI=1S/C13H16O/c1-2-6-12-13(14-12)10-9-11-7-4-3-5-8-11/h2-8,12-13H,9-10H2,1H3/b6-2-/t12-,13-/m0/s1. The Balaban J connectivity index is 1.75. The molecule has 0 N–H and O–H groups in total. The third kappa shape index (κ3) is 2.46. The van der Waals surface area contributed by atoms with Crippen LogP contribution in [0, 0.1) is 0 Å². The minimum atomic E-state index is 0.392. The third-order valence-corrected chi connectivity index (χ3v) is 2.56. The van der Waals surface area contributed by atoms with Crippen LogP contribution >= 0.6 is 0 Å². The molecule has 1 heteroatoms. The molecule has 2 rings (SSSR count). The SMILES string of the molecule is C/C=C\[C@@H]1O[C@H]1CCc1ccccc1. The lowest BCUT2D eigenvalue weighted by Gasteiger charge is -1.97. The molecule has 2 atom stereocenters. The minimum Gasteiger partial charge on any atom is -0.365 e. The van der Waals surface area contributed by atoms with Crippen molar-refractivity contribution in [2.45, 2.75) is 32.0 Å². The van der Waals surface area contributed by atoms with Crippen LogP contribution in [-0.2, 0) is 11.2 Å². The van der Waals surface area contributed by atoms with Crippen LogP contribution < -0.4 is 0 Å². The van der Waals surface area contributed by atoms with Gasteiger partial charge in [-0.25, -0.2) is 0 Å². The average Bonchev–Trinajstić information content (AvgIpc) is 2.96. The van der Waals surface area contributed by atoms with Crippen LogP contribution in [0.5, 0.6) is 0 Å². The number of hydrogen-bond donors (Lipinski definition) is 0. The van der Waals surface area contributed by atoms with E-state index in [0.717, 1.165) is 12.8 Å². The first-order valence-corrected chi connectivity index (χ1v) is 5.22. The van der Waals surface area contributed by atoms with E-state index in [0.29, 0.717) is 12.2 Å². The summed E-state index contributed by atoms with van der Waals surface area (Å²) in [6, 6.07) is 10.6. The summed E-state index contributed by atoms with van der Waals surface area (Å²) in [6.45, 7) is 2.04. The molecular weight excluding hydrogens is 172 g/mol. The van der Waals surface area contributed by atoms with Crippen LogP contribution in [0.1, 0.15) is 18.9 Å². The number of aryl methyl sites for hydroxylation is 1. The first-order chi connectivity index (χ1) is 6.90. The smallest absolute Gasteiger partial charge is 0.102 e. The van der Waals surface area contributed by atoms with Crippen LogP contribution in [-0.4, -0.2) is 12.2 Å². The van der Waals surface area contributed by atoms with E-state index >= 15 is 0 Å². The Morgan fingerprint density at radius 1 is 1.29 bits per heavy atom. The van der Waals surface area contributed by atoms with Gasteiger partial charge in [0, 0.05) is 0 Å². The largest absolute Gasteiger partial charge is 0.365 e. The zero-order valence-corrected chi connectivity index (χ0v) is 8.52. The molecule has 1 aliphatic rings. The van der Waals surface area contributed by atoms with Crippen molar-refractivity contribution in [2.75, 3.05) is 0 Å². The summed E-state index contributed by atoms with van der Waals surface area (Å²) in [4.78, 5) is 0. The van der Waals surface area contributed by atoms with Gasteiger partial charge in [0.25, 0.3) is 0 Å². The highest BCUT2D eigenvalue weighted by atomic mass is 16.6. The van der Waals surface area contributed by atoms with Crippen molar-refractivity contribution in [3.05, 3.63) is 48.0 Å². The Labute approximate surface area is 85.4 Å². The van der Waals surface area contributed by atoms with E-state index in [2.05, 4.69) is 42.5 Å². The molecule has 0 aromatic heterocycles. The fourth-order valence-corrected chi connectivity index (χ4v) is 1.70. The van der Waals surface area contributed by atoms with Gasteiger partial charge in [0.1, 0.15) is 6.10 Å². The van der Waals surface area contributed by atoms with Gasteiger partial charge in [-0.15, -0.1) is 0 Å². The number of allylic oxidation sites excluding steroid dienone is 1. The fourth-order valence-electron chi connectivity index (χ4n) is 1.70. The van der Waals surface area contributed by atoms with E-state index < -0.39 is 0 Å². The van der Waals surface area contributed by atoms with E-state index in [9.17, 15) is 0 Å². The second kappa shape index (κ2) is 4.43. The highest BCUT2D eigenvalue weighted by molar-refractivity contribution is 5.15. The molecule has 1 fully saturated rings. The van der Waals surface area contributed by atoms with Crippen molar-refractivity contribution in [2.24, 2.45) is 0 Å². The van der Waals surface area contributed by atoms with E-state index in [-0.39, 0.29) is 0 Å². The Bertz CT molecular complexity index is 302. The number of benzene rings is 1. The van der Waals surface area contributed by atoms with E-state index in [1.54, 1.807) is 0 Å². The van der Waals surface area contributed by atoms with Gasteiger partial charge in [0.15, 0.2) is 0 Å². The first kappa shape index (κ1) is 9.47. The number of epoxide rings is 1. The van der Waals surface area contributed by atoms with Crippen molar-refractivity contribution in [1.82, 2.24) is 0 Å². The molecule has 0 bridgehead atoms. The van der Waals surface area contributed by atoms with Crippen molar-refractivity contribution in [1.29, 1.82) is 0 Å². The van der Waals surface area contributed by atoms with Crippen molar-refractivity contribution in [3.8, 4) is 0 Å². The first-order valence-electron chi connectivity index (χ1n) is 5.22. The highest BCUT2D eigenvalue weighted by Crippen LogP contribution is 2.27. The minimum absolute atomic E-state index is 0.392. The quantitative estimate of drug-likeness (QED) is 0.522. The fraction of sp³-hybridized carbons (Fsp3) is 0.385. The van der Waals surface area contributed by atoms with Crippen LogP contribution in [0.3, 0.4) is 0 Å². The van der Waals surface area contributed by atoms with Gasteiger partial charge < -0.3 is 4.74 Å². The molecule has 0 saturated carbocycles. The van der Waals surface area contributed by atoms with Crippen LogP contribution in [0.25, 0.3) is 0 Å². The van der Waals surface area contributed by atoms with E-state index in [1.807, 2.05) is 6.92 Å². The third-order valence-electron chi connectivity index (χ3n) is 2.56. The Hall–Kier alpha value is -1.08. The predicted molar refractivity (Wildman–Crippen MR) is 58.2 cm³/mol. The molecule has 0 unspecified atom stereocenters. The summed E-state index contributed by atoms with van der Waals surface area (Å²) in [6.07, 6.45) is 7.32. The number of rotatable bonds is 4. The Kier molecular flexibility index (Phi) is 3.00. The topological polar surface area (TPSA) is 12.5 Å². The zero-order valence-electron chi connectivity index (χ0n) is 8.52. The van der Waals surface area contributed by atoms with Gasteiger partial charge in [-0.2, -0.15) is 0 Å². The molecule has 0 spiro atoms. The molecule has 0 aliphatic carbocycles. The van der Waals surface area contributed by atoms with E-state index in [1.165, 1.54) is 5.56 Å². The number of ether oxygens (including phenoxy) is 1. The maximum atomic E-state index is 5.49. The van der Waals surface area contributed by atoms with Gasteiger partial charge >= 0.3 is 0 Å². The lowest BCUT2D eigenvalue weighted by Crippen LogP contribution is -1.94. The summed E-state index contributed by atoms with van der Waals surface area (Å²) in [5, 5.41) is 0. The predicted octanol–water partition coefficient (Wildman–Crippen LogP) is 2.96. The van der Waals surface area contributed by atoms with Crippen molar-refractivity contribution >= 4 is 0 Å². The van der Waals surface area contributed by atoms with Gasteiger partial charge in [0.05, 0.1) is 6.10 Å². The molecule has 1 aromatic rings. The van der Waals surface area contributed by atoms with Gasteiger partial charge in [-0.3, -0.25) is 0 Å². The maximum absolute atomic E-state index is 5.49. The lowest BCUT2D eigenvalue weighted by molar-refractivity contribution is 0.379. The van der Waals surface area contributed by atoms with Gasteiger partial charge in [-0.05, 0) is 25.3 Å². The van der Waals surface area contributed by atoms with E-state index in [4.69, 9.17) is 4.74 Å². The van der Waals surface area contributed by atoms with Crippen LogP contribution in [0.4, 0.5) is 0 Å². The van der Waals surface area contributed by atoms with Crippen LogP contribution in [0.15, 0.2) is 42.5 Å². The summed E-state index contributed by atoms with van der Waals surface area (Å²) < 4.78 is 5.49. The molecule has 1 aliphatic heterocycles. The summed E-state index contributed by atoms with van der Waals surface area (Å²) >= 11 is 0. The molecule has 74 valence electrons. The summed E-state index contributed by atoms with van der Waals surface area (Å²) in [7, 11) is 0. The average molecular weight is 188 g/mol. The van der Waals surface area contributed by atoms with Crippen molar-refractivity contribution < 1.29 is 4.74 Å². The zero-order chi connectivity index (χ0) is 9.80. The molecule has 1 aromatic carbocycles. The van der Waals surface area contributed by atoms with Crippen molar-refractivity contribution in [3.63, 3.8) is 0 Å². The Morgan fingerprint density at radius 3 is 2.79 bits per heavy atom. The normalized spacial score (nSPS) is 25.5. The lowest BCUT2D eigenvalue weighted by atomic mass is 10.1.